The van der Waals surface area contributed by atoms with Crippen molar-refractivity contribution in [2.24, 2.45) is 0 Å². The molecule has 3 aromatic rings. The number of hydrogen-bond acceptors (Lipinski definition) is 7. The van der Waals surface area contributed by atoms with Crippen molar-refractivity contribution in [2.45, 2.75) is 32.9 Å². The molecule has 11 heteroatoms. The molecule has 0 aliphatic carbocycles. The molecule has 1 N–H and O–H groups in total. The van der Waals surface area contributed by atoms with Gasteiger partial charge in [-0.05, 0) is 50.5 Å². The maximum Gasteiger partial charge on any atom is 0.407 e. The molecule has 0 saturated heterocycles. The number of halogens is 1. The second-order valence-electron chi connectivity index (χ2n) is 8.28. The Labute approximate surface area is 201 Å². The monoisotopic (exact) mass is 480 g/mol. The van der Waals surface area contributed by atoms with Crippen LogP contribution in [0.5, 0.6) is 5.88 Å². The van der Waals surface area contributed by atoms with Crippen LogP contribution in [0.2, 0.25) is 0 Å². The van der Waals surface area contributed by atoms with E-state index in [1.807, 2.05) is 0 Å². The van der Waals surface area contributed by atoms with E-state index in [0.29, 0.717) is 29.3 Å². The standard InChI is InChI=1S/C24H25FN6O4/c1-24(2,3)35-22(32)27-14-18(12-25)15-31-23(33)30(16-28-31)20-7-5-6-19(29-20)10-8-17-9-11-21(34-4)26-13-17/h5-7,9,11-13,16H,14-15H2,1-4H3,(H,27,32). The van der Waals surface area contributed by atoms with Crippen LogP contribution in [0.3, 0.4) is 0 Å². The molecule has 0 saturated carbocycles. The fourth-order valence-electron chi connectivity index (χ4n) is 2.76. The smallest absolute Gasteiger partial charge is 0.407 e. The number of ether oxygens (including phenoxy) is 2. The summed E-state index contributed by atoms with van der Waals surface area (Å²) in [7, 11) is 1.53. The van der Waals surface area contributed by atoms with Crippen LogP contribution in [0.25, 0.3) is 5.82 Å². The van der Waals surface area contributed by atoms with Crippen molar-refractivity contribution in [2.75, 3.05) is 13.7 Å². The lowest BCUT2D eigenvalue weighted by Crippen LogP contribution is -2.34. The van der Waals surface area contributed by atoms with Crippen molar-refractivity contribution in [3.63, 3.8) is 0 Å². The molecule has 0 atom stereocenters. The van der Waals surface area contributed by atoms with Gasteiger partial charge in [0, 0.05) is 24.4 Å². The number of amides is 1. The van der Waals surface area contributed by atoms with E-state index in [9.17, 15) is 14.0 Å². The highest BCUT2D eigenvalue weighted by molar-refractivity contribution is 5.68. The summed E-state index contributed by atoms with van der Waals surface area (Å²) in [6, 6.07) is 8.51. The number of rotatable bonds is 6. The quantitative estimate of drug-likeness (QED) is 0.540. The molecule has 3 rings (SSSR count). The molecular weight excluding hydrogens is 455 g/mol. The number of nitrogens with one attached hydrogen (secondary N) is 1. The van der Waals surface area contributed by atoms with Crippen molar-refractivity contribution in [3.8, 4) is 23.5 Å². The highest BCUT2D eigenvalue weighted by Crippen LogP contribution is 2.08. The van der Waals surface area contributed by atoms with E-state index in [2.05, 4.69) is 32.2 Å². The van der Waals surface area contributed by atoms with Gasteiger partial charge in [-0.15, -0.1) is 0 Å². The molecule has 0 radical (unpaired) electrons. The molecule has 0 unspecified atom stereocenters. The molecule has 0 bridgehead atoms. The van der Waals surface area contributed by atoms with Gasteiger partial charge in [0.25, 0.3) is 0 Å². The van der Waals surface area contributed by atoms with Crippen LogP contribution in [0.1, 0.15) is 32.0 Å². The summed E-state index contributed by atoms with van der Waals surface area (Å²) in [4.78, 5) is 33.1. The molecule has 35 heavy (non-hydrogen) atoms. The largest absolute Gasteiger partial charge is 0.481 e. The molecule has 3 aromatic heterocycles. The van der Waals surface area contributed by atoms with E-state index in [-0.39, 0.29) is 18.7 Å². The summed E-state index contributed by atoms with van der Waals surface area (Å²) in [5.41, 5.74) is 0.0245. The highest BCUT2D eigenvalue weighted by atomic mass is 19.1. The van der Waals surface area contributed by atoms with Gasteiger partial charge in [0.1, 0.15) is 23.4 Å². The Hall–Kier alpha value is -4.46. The highest BCUT2D eigenvalue weighted by Gasteiger charge is 2.17. The summed E-state index contributed by atoms with van der Waals surface area (Å²) in [5, 5.41) is 6.48. The average Bonchev–Trinajstić information content (AvgIpc) is 3.19. The number of hydrogen-bond donors (Lipinski definition) is 1. The molecule has 182 valence electrons. The topological polar surface area (TPSA) is 113 Å². The summed E-state index contributed by atoms with van der Waals surface area (Å²) in [6.07, 6.45) is 2.50. The number of methoxy groups -OCH3 is 1. The van der Waals surface area contributed by atoms with E-state index in [1.165, 1.54) is 18.0 Å². The third-order valence-corrected chi connectivity index (χ3v) is 4.36. The van der Waals surface area contributed by atoms with Crippen LogP contribution in [0, 0.1) is 11.8 Å². The van der Waals surface area contributed by atoms with Gasteiger partial charge in [-0.3, -0.25) is 0 Å². The van der Waals surface area contributed by atoms with Gasteiger partial charge in [0.05, 0.1) is 20.0 Å². The molecule has 10 nitrogen and oxygen atoms in total. The summed E-state index contributed by atoms with van der Waals surface area (Å²) in [5.74, 6) is 6.66. The predicted octanol–water partition coefficient (Wildman–Crippen LogP) is 2.61. The van der Waals surface area contributed by atoms with Gasteiger partial charge in [0.15, 0.2) is 0 Å². The van der Waals surface area contributed by atoms with Crippen LogP contribution < -0.4 is 15.7 Å². The number of carbonyl (C=O) groups is 1. The Morgan fingerprint density at radius 2 is 2.03 bits per heavy atom. The first-order valence-electron chi connectivity index (χ1n) is 10.6. The minimum Gasteiger partial charge on any atom is -0.481 e. The van der Waals surface area contributed by atoms with E-state index in [0.717, 1.165) is 4.68 Å². The fourth-order valence-corrected chi connectivity index (χ4v) is 2.76. The number of pyridine rings is 2. The average molecular weight is 481 g/mol. The molecule has 0 aliphatic rings. The first-order chi connectivity index (χ1) is 16.7. The third kappa shape index (κ3) is 7.26. The molecule has 0 aromatic carbocycles. The van der Waals surface area contributed by atoms with Crippen LogP contribution in [0.4, 0.5) is 9.18 Å². The summed E-state index contributed by atoms with van der Waals surface area (Å²) in [6.45, 7) is 4.84. The zero-order valence-electron chi connectivity index (χ0n) is 19.8. The molecule has 0 aliphatic heterocycles. The summed E-state index contributed by atoms with van der Waals surface area (Å²) < 4.78 is 25.8. The van der Waals surface area contributed by atoms with E-state index < -0.39 is 17.4 Å². The molecule has 0 fully saturated rings. The van der Waals surface area contributed by atoms with Crippen molar-refractivity contribution < 1.29 is 18.7 Å². The Morgan fingerprint density at radius 3 is 2.69 bits per heavy atom. The Balaban J connectivity index is 1.71. The van der Waals surface area contributed by atoms with Crippen molar-refractivity contribution >= 4 is 6.09 Å². The van der Waals surface area contributed by atoms with Crippen molar-refractivity contribution in [1.82, 2.24) is 29.6 Å². The number of aromatic nitrogens is 5. The second-order valence-corrected chi connectivity index (χ2v) is 8.28. The lowest BCUT2D eigenvalue weighted by Gasteiger charge is -2.19. The van der Waals surface area contributed by atoms with Crippen LogP contribution in [0.15, 0.2) is 59.6 Å². The first kappa shape index (κ1) is 25.2. The molecule has 1 amide bonds. The maximum atomic E-state index is 13.4. The number of nitrogens with zero attached hydrogens (tertiary/aromatic N) is 5. The molecule has 0 spiro atoms. The maximum absolute atomic E-state index is 13.4. The van der Waals surface area contributed by atoms with Crippen molar-refractivity contribution in [3.05, 3.63) is 76.5 Å². The Morgan fingerprint density at radius 1 is 1.23 bits per heavy atom. The van der Waals surface area contributed by atoms with Crippen molar-refractivity contribution in [1.29, 1.82) is 0 Å². The minimum absolute atomic E-state index is 0.129. The SMILES string of the molecule is COc1ccc(C#Cc2cccc(-n3cnn(CC(=CF)CNC(=O)OC(C)(C)C)c3=O)n2)cn1. The van der Waals surface area contributed by atoms with Gasteiger partial charge >= 0.3 is 11.8 Å². The number of alkyl carbamates (subject to hydrolysis) is 1. The van der Waals surface area contributed by atoms with Gasteiger partial charge in [-0.2, -0.15) is 5.10 Å². The zero-order chi connectivity index (χ0) is 25.4. The Kier molecular flexibility index (Phi) is 7.99. The zero-order valence-corrected chi connectivity index (χ0v) is 19.8. The van der Waals surface area contributed by atoms with Gasteiger partial charge < -0.3 is 14.8 Å². The third-order valence-electron chi connectivity index (χ3n) is 4.36. The summed E-state index contributed by atoms with van der Waals surface area (Å²) >= 11 is 0. The normalized spacial score (nSPS) is 11.4. The van der Waals surface area contributed by atoms with Gasteiger partial charge in [-0.25, -0.2) is 33.2 Å². The van der Waals surface area contributed by atoms with Gasteiger partial charge in [-0.1, -0.05) is 12.0 Å². The van der Waals surface area contributed by atoms with E-state index in [4.69, 9.17) is 9.47 Å². The lowest BCUT2D eigenvalue weighted by molar-refractivity contribution is 0.0532. The first-order valence-corrected chi connectivity index (χ1v) is 10.6. The predicted molar refractivity (Wildman–Crippen MR) is 126 cm³/mol. The van der Waals surface area contributed by atoms with E-state index >= 15 is 0 Å². The van der Waals surface area contributed by atoms with E-state index in [1.54, 1.807) is 57.3 Å². The molecule has 3 heterocycles. The van der Waals surface area contributed by atoms with Crippen LogP contribution in [-0.2, 0) is 11.3 Å². The second kappa shape index (κ2) is 11.1. The minimum atomic E-state index is -0.692. The van der Waals surface area contributed by atoms with Crippen LogP contribution >= 0.6 is 0 Å². The lowest BCUT2D eigenvalue weighted by atomic mass is 10.2. The molecular formula is C24H25FN6O4. The van der Waals surface area contributed by atoms with Crippen LogP contribution in [-0.4, -0.2) is 49.7 Å². The fraction of sp³-hybridized carbons (Fsp3) is 0.292. The Bertz CT molecular complexity index is 1330. The number of carbonyl (C=O) groups excluding carboxylic acids is 1. The van der Waals surface area contributed by atoms with Gasteiger partial charge in [0.2, 0.25) is 5.88 Å².